The highest BCUT2D eigenvalue weighted by Crippen LogP contribution is 2.24. The minimum atomic E-state index is -0.909. The summed E-state index contributed by atoms with van der Waals surface area (Å²) < 4.78 is 0. The maximum absolute atomic E-state index is 11.5. The average molecular weight is 290 g/mol. The van der Waals surface area contributed by atoms with Crippen molar-refractivity contribution in [2.24, 2.45) is 0 Å². The number of halogens is 1. The Labute approximate surface area is 123 Å². The van der Waals surface area contributed by atoms with E-state index in [1.807, 2.05) is 32.0 Å². The van der Waals surface area contributed by atoms with E-state index in [2.05, 4.69) is 5.32 Å². The van der Waals surface area contributed by atoms with Crippen LogP contribution in [0.3, 0.4) is 0 Å². The molecule has 1 unspecified atom stereocenters. The van der Waals surface area contributed by atoms with Gasteiger partial charge in [0.05, 0.1) is 0 Å². The van der Waals surface area contributed by atoms with Gasteiger partial charge in [-0.05, 0) is 49.2 Å². The zero-order chi connectivity index (χ0) is 14.7. The van der Waals surface area contributed by atoms with Crippen LogP contribution in [-0.2, 0) is 4.79 Å². The molecule has 0 heterocycles. The van der Waals surface area contributed by atoms with E-state index in [1.54, 1.807) is 24.3 Å². The van der Waals surface area contributed by atoms with E-state index in [1.165, 1.54) is 0 Å². The Bertz CT molecular complexity index is 623. The SMILES string of the molecule is Cc1ccc(C)c(C(Nc2ccc(Cl)cc2)C(=O)O)c1. The Morgan fingerprint density at radius 2 is 1.80 bits per heavy atom. The highest BCUT2D eigenvalue weighted by Gasteiger charge is 2.21. The molecule has 0 aliphatic heterocycles. The Hall–Kier alpha value is -2.00. The van der Waals surface area contributed by atoms with Crippen LogP contribution in [0.2, 0.25) is 5.02 Å². The molecule has 104 valence electrons. The summed E-state index contributed by atoms with van der Waals surface area (Å²) in [4.78, 5) is 11.5. The zero-order valence-corrected chi connectivity index (χ0v) is 12.1. The molecule has 0 bridgehead atoms. The third-order valence-electron chi connectivity index (χ3n) is 3.15. The fourth-order valence-corrected chi connectivity index (χ4v) is 2.18. The second-order valence-electron chi connectivity index (χ2n) is 4.78. The quantitative estimate of drug-likeness (QED) is 0.887. The lowest BCUT2D eigenvalue weighted by Crippen LogP contribution is -2.21. The fraction of sp³-hybridized carbons (Fsp3) is 0.188. The van der Waals surface area contributed by atoms with Crippen LogP contribution in [0, 0.1) is 13.8 Å². The standard InChI is InChI=1S/C16H16ClNO2/c1-10-3-4-11(2)14(9-10)15(16(19)20)18-13-7-5-12(17)6-8-13/h3-9,15,18H,1-2H3,(H,19,20). The van der Waals surface area contributed by atoms with Crippen molar-refractivity contribution in [3.63, 3.8) is 0 Å². The van der Waals surface area contributed by atoms with Gasteiger partial charge in [-0.15, -0.1) is 0 Å². The van der Waals surface area contributed by atoms with Crippen LogP contribution in [0.15, 0.2) is 42.5 Å². The molecule has 0 radical (unpaired) electrons. The van der Waals surface area contributed by atoms with Crippen LogP contribution in [0.25, 0.3) is 0 Å². The molecule has 20 heavy (non-hydrogen) atoms. The number of aliphatic carboxylic acids is 1. The molecule has 2 aromatic rings. The average Bonchev–Trinajstić information content (AvgIpc) is 2.41. The van der Waals surface area contributed by atoms with Gasteiger partial charge in [-0.1, -0.05) is 35.4 Å². The number of nitrogens with one attached hydrogen (secondary N) is 1. The van der Waals surface area contributed by atoms with Crippen molar-refractivity contribution < 1.29 is 9.90 Å². The van der Waals surface area contributed by atoms with Crippen LogP contribution >= 0.6 is 11.6 Å². The van der Waals surface area contributed by atoms with Crippen LogP contribution in [0.4, 0.5) is 5.69 Å². The number of carbonyl (C=O) groups is 1. The second-order valence-corrected chi connectivity index (χ2v) is 5.22. The van der Waals surface area contributed by atoms with E-state index in [-0.39, 0.29) is 0 Å². The van der Waals surface area contributed by atoms with Gasteiger partial charge in [0.1, 0.15) is 0 Å². The van der Waals surface area contributed by atoms with E-state index in [4.69, 9.17) is 11.6 Å². The number of aryl methyl sites for hydroxylation is 2. The summed E-state index contributed by atoms with van der Waals surface area (Å²) in [7, 11) is 0. The lowest BCUT2D eigenvalue weighted by molar-refractivity contribution is -0.138. The summed E-state index contributed by atoms with van der Waals surface area (Å²) in [6.45, 7) is 3.86. The van der Waals surface area contributed by atoms with E-state index in [0.717, 1.165) is 22.4 Å². The van der Waals surface area contributed by atoms with Crippen LogP contribution in [0.1, 0.15) is 22.7 Å². The summed E-state index contributed by atoms with van der Waals surface area (Å²) >= 11 is 5.83. The summed E-state index contributed by atoms with van der Waals surface area (Å²) in [6.07, 6.45) is 0. The van der Waals surface area contributed by atoms with Crippen molar-refractivity contribution in [2.75, 3.05) is 5.32 Å². The van der Waals surface area contributed by atoms with Gasteiger partial charge in [0.25, 0.3) is 0 Å². The predicted octanol–water partition coefficient (Wildman–Crippen LogP) is 4.19. The third kappa shape index (κ3) is 3.31. The number of carboxylic acids is 1. The van der Waals surface area contributed by atoms with Crippen molar-refractivity contribution >= 4 is 23.3 Å². The van der Waals surface area contributed by atoms with E-state index < -0.39 is 12.0 Å². The molecule has 0 fully saturated rings. The molecule has 2 N–H and O–H groups in total. The Morgan fingerprint density at radius 3 is 2.40 bits per heavy atom. The molecule has 0 aliphatic rings. The topological polar surface area (TPSA) is 49.3 Å². The van der Waals surface area contributed by atoms with E-state index >= 15 is 0 Å². The maximum atomic E-state index is 11.5. The van der Waals surface area contributed by atoms with Gasteiger partial charge in [0, 0.05) is 10.7 Å². The first kappa shape index (κ1) is 14.4. The molecule has 1 atom stereocenters. The molecule has 0 spiro atoms. The largest absolute Gasteiger partial charge is 0.479 e. The lowest BCUT2D eigenvalue weighted by Gasteiger charge is -2.19. The van der Waals surface area contributed by atoms with Gasteiger partial charge < -0.3 is 10.4 Å². The first-order chi connectivity index (χ1) is 9.47. The molecule has 2 aromatic carbocycles. The monoisotopic (exact) mass is 289 g/mol. The number of benzene rings is 2. The lowest BCUT2D eigenvalue weighted by atomic mass is 9.98. The number of hydrogen-bond acceptors (Lipinski definition) is 2. The smallest absolute Gasteiger partial charge is 0.330 e. The molecule has 0 saturated carbocycles. The van der Waals surface area contributed by atoms with Crippen molar-refractivity contribution in [3.8, 4) is 0 Å². The molecule has 3 nitrogen and oxygen atoms in total. The number of carboxylic acid groups (broad SMARTS) is 1. The van der Waals surface area contributed by atoms with Gasteiger partial charge in [-0.2, -0.15) is 0 Å². The summed E-state index contributed by atoms with van der Waals surface area (Å²) in [6, 6.07) is 12.0. The molecule has 2 rings (SSSR count). The van der Waals surface area contributed by atoms with Crippen LogP contribution in [-0.4, -0.2) is 11.1 Å². The normalized spacial score (nSPS) is 11.9. The fourth-order valence-electron chi connectivity index (χ4n) is 2.06. The summed E-state index contributed by atoms with van der Waals surface area (Å²) in [5.41, 5.74) is 3.48. The van der Waals surface area contributed by atoms with Crippen molar-refractivity contribution in [1.82, 2.24) is 0 Å². The molecule has 0 saturated heterocycles. The molecule has 0 aromatic heterocycles. The molecule has 4 heteroatoms. The van der Waals surface area contributed by atoms with Gasteiger partial charge >= 0.3 is 5.97 Å². The van der Waals surface area contributed by atoms with Crippen molar-refractivity contribution in [1.29, 1.82) is 0 Å². The molecular weight excluding hydrogens is 274 g/mol. The summed E-state index contributed by atoms with van der Waals surface area (Å²) in [5.74, 6) is -0.909. The number of rotatable bonds is 4. The number of hydrogen-bond donors (Lipinski definition) is 2. The van der Waals surface area contributed by atoms with Gasteiger partial charge in [-0.25, -0.2) is 4.79 Å². The third-order valence-corrected chi connectivity index (χ3v) is 3.40. The highest BCUT2D eigenvalue weighted by molar-refractivity contribution is 6.30. The summed E-state index contributed by atoms with van der Waals surface area (Å²) in [5, 5.41) is 13.1. The minimum Gasteiger partial charge on any atom is -0.479 e. The minimum absolute atomic E-state index is 0.620. The first-order valence-electron chi connectivity index (χ1n) is 6.29. The van der Waals surface area contributed by atoms with E-state index in [9.17, 15) is 9.90 Å². The first-order valence-corrected chi connectivity index (χ1v) is 6.67. The Kier molecular flexibility index (Phi) is 4.30. The Balaban J connectivity index is 2.34. The molecule has 0 amide bonds. The van der Waals surface area contributed by atoms with Gasteiger partial charge in [0.15, 0.2) is 6.04 Å². The van der Waals surface area contributed by atoms with Crippen molar-refractivity contribution in [2.45, 2.75) is 19.9 Å². The zero-order valence-electron chi connectivity index (χ0n) is 11.4. The van der Waals surface area contributed by atoms with E-state index in [0.29, 0.717) is 5.02 Å². The Morgan fingerprint density at radius 1 is 1.15 bits per heavy atom. The van der Waals surface area contributed by atoms with Crippen LogP contribution < -0.4 is 5.32 Å². The number of anilines is 1. The second kappa shape index (κ2) is 5.97. The van der Waals surface area contributed by atoms with Crippen LogP contribution in [0.5, 0.6) is 0 Å². The van der Waals surface area contributed by atoms with Gasteiger partial charge in [-0.3, -0.25) is 0 Å². The van der Waals surface area contributed by atoms with Crippen molar-refractivity contribution in [3.05, 3.63) is 64.2 Å². The predicted molar refractivity (Wildman–Crippen MR) is 81.4 cm³/mol. The maximum Gasteiger partial charge on any atom is 0.330 e. The highest BCUT2D eigenvalue weighted by atomic mass is 35.5. The molecular formula is C16H16ClNO2. The molecule has 0 aliphatic carbocycles. The van der Waals surface area contributed by atoms with Gasteiger partial charge in [0.2, 0.25) is 0 Å².